The topological polar surface area (TPSA) is 131 Å². The monoisotopic (exact) mass is 676 g/mol. The second-order valence-corrected chi connectivity index (χ2v) is 11.3. The predicted octanol–water partition coefficient (Wildman–Crippen LogP) is 5.62. The molecule has 3 aliphatic rings. The Kier molecular flexibility index (Phi) is 9.83. The van der Waals surface area contributed by atoms with Crippen LogP contribution in [0, 0.1) is 11.6 Å². The van der Waals surface area contributed by atoms with E-state index in [0.717, 1.165) is 35.7 Å². The molecule has 2 heterocycles. The standard InChI is InChI=1S/C36H34F2N2O9/c1-45-31-6-4-3-5-27(31)39-7-11-47-13-9-40(10-14-48-12-8-39)28-17-21(22(36(43)44)18-34(28)46-2)35-23-15-25(37)29(41)19-32(23)49-33-20-30(42)26(38)16-24(33)35/h3-6,15-20,41H,7-14H2,1-2H3,(H,43,44). The molecule has 1 saturated heterocycles. The van der Waals surface area contributed by atoms with Crippen molar-refractivity contribution in [2.24, 2.45) is 0 Å². The number of para-hydroxylation sites is 2. The molecule has 13 heteroatoms. The van der Waals surface area contributed by atoms with E-state index in [1.165, 1.54) is 13.2 Å². The molecule has 0 unspecified atom stereocenters. The van der Waals surface area contributed by atoms with E-state index in [4.69, 9.17) is 23.4 Å². The number of ether oxygens (including phenoxy) is 4. The average Bonchev–Trinajstić information content (AvgIpc) is 3.08. The Hall–Kier alpha value is -5.40. The van der Waals surface area contributed by atoms with E-state index in [1.54, 1.807) is 13.2 Å². The minimum atomic E-state index is -1.33. The lowest BCUT2D eigenvalue weighted by Crippen LogP contribution is -2.36. The van der Waals surface area contributed by atoms with Gasteiger partial charge in [0.15, 0.2) is 17.4 Å². The smallest absolute Gasteiger partial charge is 0.336 e. The second kappa shape index (κ2) is 14.4. The first-order valence-corrected chi connectivity index (χ1v) is 15.5. The summed E-state index contributed by atoms with van der Waals surface area (Å²) in [7, 11) is 3.04. The third-order valence-corrected chi connectivity index (χ3v) is 8.45. The average molecular weight is 677 g/mol. The Bertz CT molecular complexity index is 2020. The molecule has 0 bridgehead atoms. The molecule has 49 heavy (non-hydrogen) atoms. The van der Waals surface area contributed by atoms with Crippen molar-refractivity contribution in [2.75, 3.05) is 76.6 Å². The van der Waals surface area contributed by atoms with Gasteiger partial charge in [0.1, 0.15) is 22.8 Å². The Morgan fingerprint density at radius 1 is 0.776 bits per heavy atom. The van der Waals surface area contributed by atoms with Gasteiger partial charge in [-0.15, -0.1) is 0 Å². The highest BCUT2D eigenvalue weighted by molar-refractivity contribution is 6.08. The summed E-state index contributed by atoms with van der Waals surface area (Å²) >= 11 is 0. The number of aromatic hydroxyl groups is 1. The van der Waals surface area contributed by atoms with E-state index in [1.807, 2.05) is 29.2 Å². The zero-order valence-corrected chi connectivity index (χ0v) is 26.8. The van der Waals surface area contributed by atoms with Gasteiger partial charge in [-0.3, -0.25) is 4.79 Å². The Labute approximate surface area is 279 Å². The zero-order chi connectivity index (χ0) is 34.7. The van der Waals surface area contributed by atoms with E-state index in [9.17, 15) is 28.6 Å². The number of carboxylic acid groups (broad SMARTS) is 1. The molecule has 1 aliphatic carbocycles. The molecule has 1 fully saturated rings. The lowest BCUT2D eigenvalue weighted by atomic mass is 9.89. The van der Waals surface area contributed by atoms with E-state index in [2.05, 4.69) is 4.90 Å². The molecule has 0 saturated carbocycles. The van der Waals surface area contributed by atoms with Gasteiger partial charge in [0.25, 0.3) is 0 Å². The minimum absolute atomic E-state index is 0.0354. The fraction of sp³-hybridized carbons (Fsp3) is 0.278. The number of benzene rings is 4. The summed E-state index contributed by atoms with van der Waals surface area (Å²) in [6, 6.07) is 14.5. The van der Waals surface area contributed by atoms with Crippen molar-refractivity contribution < 1.29 is 47.2 Å². The number of anilines is 2. The molecule has 0 spiro atoms. The molecule has 0 radical (unpaired) electrons. The molecular formula is C36H34F2N2O9. The first kappa shape index (κ1) is 33.5. The van der Waals surface area contributed by atoms with Gasteiger partial charge in [0.2, 0.25) is 5.43 Å². The van der Waals surface area contributed by atoms with Crippen LogP contribution in [0.2, 0.25) is 0 Å². The van der Waals surface area contributed by atoms with Crippen LogP contribution < -0.4 is 24.7 Å². The summed E-state index contributed by atoms with van der Waals surface area (Å²) in [5, 5.41) is 20.5. The Morgan fingerprint density at radius 2 is 1.41 bits per heavy atom. The Balaban J connectivity index is 1.41. The van der Waals surface area contributed by atoms with Gasteiger partial charge in [-0.05, 0) is 42.0 Å². The molecule has 3 aromatic carbocycles. The maximum absolute atomic E-state index is 14.8. The highest BCUT2D eigenvalue weighted by Gasteiger charge is 2.27. The SMILES string of the molecule is COc1ccccc1N1CCOCCN(c2cc(-c3c4cc(F)c(=O)cc-4oc4cc(O)c(F)cc34)c(C(=O)O)cc2OC)CCOCC1. The van der Waals surface area contributed by atoms with Crippen molar-refractivity contribution in [2.45, 2.75) is 0 Å². The fourth-order valence-corrected chi connectivity index (χ4v) is 6.05. The summed E-state index contributed by atoms with van der Waals surface area (Å²) in [6.45, 7) is 3.31. The fourth-order valence-electron chi connectivity index (χ4n) is 6.05. The summed E-state index contributed by atoms with van der Waals surface area (Å²) in [5.41, 5.74) is 0.391. The maximum atomic E-state index is 14.8. The molecule has 6 rings (SSSR count). The molecule has 256 valence electrons. The van der Waals surface area contributed by atoms with Crippen LogP contribution in [-0.4, -0.2) is 83.0 Å². The first-order chi connectivity index (χ1) is 23.7. The van der Waals surface area contributed by atoms with Crippen LogP contribution in [0.25, 0.3) is 33.4 Å². The first-order valence-electron chi connectivity index (χ1n) is 15.5. The normalized spacial score (nSPS) is 14.8. The van der Waals surface area contributed by atoms with E-state index in [-0.39, 0.29) is 44.7 Å². The van der Waals surface area contributed by atoms with Crippen LogP contribution in [-0.2, 0) is 9.47 Å². The Morgan fingerprint density at radius 3 is 2.04 bits per heavy atom. The molecular weight excluding hydrogens is 642 g/mol. The van der Waals surface area contributed by atoms with Crippen molar-refractivity contribution in [1.82, 2.24) is 0 Å². The minimum Gasteiger partial charge on any atom is -0.505 e. The van der Waals surface area contributed by atoms with E-state index >= 15 is 0 Å². The van der Waals surface area contributed by atoms with Crippen molar-refractivity contribution in [3.63, 3.8) is 0 Å². The van der Waals surface area contributed by atoms with Crippen molar-refractivity contribution >= 4 is 28.3 Å². The van der Waals surface area contributed by atoms with Gasteiger partial charge < -0.3 is 43.4 Å². The van der Waals surface area contributed by atoms with Crippen molar-refractivity contribution in [1.29, 1.82) is 0 Å². The number of methoxy groups -OCH3 is 2. The third kappa shape index (κ3) is 6.80. The number of carbonyl (C=O) groups is 1. The number of phenolic OH excluding ortho intramolecular Hbond substituents is 1. The molecule has 2 N–H and O–H groups in total. The molecule has 3 aromatic rings. The van der Waals surface area contributed by atoms with Crippen LogP contribution in [0.15, 0.2) is 69.9 Å². The molecule has 2 aliphatic heterocycles. The van der Waals surface area contributed by atoms with Gasteiger partial charge in [-0.25, -0.2) is 13.6 Å². The van der Waals surface area contributed by atoms with E-state index < -0.39 is 28.8 Å². The number of rotatable bonds is 6. The number of hydrogen-bond donors (Lipinski definition) is 2. The van der Waals surface area contributed by atoms with Crippen LogP contribution in [0.5, 0.6) is 17.2 Å². The molecule has 0 aromatic heterocycles. The van der Waals surface area contributed by atoms with Gasteiger partial charge in [0.05, 0.1) is 57.6 Å². The number of carboxylic acids is 1. The number of fused-ring (bicyclic) bond motifs is 2. The largest absolute Gasteiger partial charge is 0.505 e. The van der Waals surface area contributed by atoms with E-state index in [0.29, 0.717) is 58.3 Å². The van der Waals surface area contributed by atoms with Gasteiger partial charge in [-0.2, -0.15) is 0 Å². The van der Waals surface area contributed by atoms with Crippen LogP contribution in [0.3, 0.4) is 0 Å². The van der Waals surface area contributed by atoms with Gasteiger partial charge >= 0.3 is 5.97 Å². The van der Waals surface area contributed by atoms with Gasteiger partial charge in [-0.1, -0.05) is 12.1 Å². The highest BCUT2D eigenvalue weighted by Crippen LogP contribution is 2.45. The predicted molar refractivity (Wildman–Crippen MR) is 179 cm³/mol. The van der Waals surface area contributed by atoms with Crippen LogP contribution in [0.4, 0.5) is 20.2 Å². The molecule has 0 atom stereocenters. The van der Waals surface area contributed by atoms with Crippen molar-refractivity contribution in [3.8, 4) is 39.7 Å². The van der Waals surface area contributed by atoms with Crippen molar-refractivity contribution in [3.05, 3.63) is 88.1 Å². The van der Waals surface area contributed by atoms with Gasteiger partial charge in [0, 0.05) is 54.8 Å². The number of nitrogens with zero attached hydrogens (tertiary/aromatic N) is 2. The number of halogens is 2. The quantitative estimate of drug-likeness (QED) is 0.217. The number of hydrogen-bond acceptors (Lipinski definition) is 10. The lowest BCUT2D eigenvalue weighted by Gasteiger charge is -2.30. The maximum Gasteiger partial charge on any atom is 0.336 e. The number of aromatic carboxylic acids is 1. The summed E-state index contributed by atoms with van der Waals surface area (Å²) in [4.78, 5) is 29.0. The third-order valence-electron chi connectivity index (χ3n) is 8.45. The zero-order valence-electron chi connectivity index (χ0n) is 26.8. The van der Waals surface area contributed by atoms with Crippen LogP contribution >= 0.6 is 0 Å². The second-order valence-electron chi connectivity index (χ2n) is 11.3. The summed E-state index contributed by atoms with van der Waals surface area (Å²) in [6.07, 6.45) is 0. The number of phenols is 1. The summed E-state index contributed by atoms with van der Waals surface area (Å²) < 4.78 is 58.7. The lowest BCUT2D eigenvalue weighted by molar-refractivity contribution is 0.0697. The van der Waals surface area contributed by atoms with Crippen LogP contribution in [0.1, 0.15) is 10.4 Å². The molecule has 0 amide bonds. The summed E-state index contributed by atoms with van der Waals surface area (Å²) in [5.74, 6) is -3.25. The molecule has 11 nitrogen and oxygen atoms in total. The highest BCUT2D eigenvalue weighted by atomic mass is 19.1.